The third-order valence-electron chi connectivity index (χ3n) is 3.34. The van der Waals surface area contributed by atoms with Crippen LogP contribution in [0.5, 0.6) is 0 Å². The van der Waals surface area contributed by atoms with Gasteiger partial charge in [-0.3, -0.25) is 0 Å². The third kappa shape index (κ3) is 2.04. The molecule has 0 aliphatic heterocycles. The number of rotatable bonds is 4. The Morgan fingerprint density at radius 1 is 1.28 bits per heavy atom. The van der Waals surface area contributed by atoms with E-state index in [-0.39, 0.29) is 0 Å². The quantitative estimate of drug-likeness (QED) is 0.891. The maximum atomic E-state index is 11.4. The average Bonchev–Trinajstić information content (AvgIpc) is 3.07. The highest BCUT2D eigenvalue weighted by Crippen LogP contribution is 2.36. The molecule has 2 aromatic rings. The maximum absolute atomic E-state index is 11.4. The van der Waals surface area contributed by atoms with Gasteiger partial charge in [-0.15, -0.1) is 0 Å². The predicted octanol–water partition coefficient (Wildman–Crippen LogP) is 3.60. The van der Waals surface area contributed by atoms with Gasteiger partial charge in [0.1, 0.15) is 11.3 Å². The topological polar surface area (TPSA) is 50.4 Å². The van der Waals surface area contributed by atoms with Crippen LogP contribution in [0.25, 0.3) is 11.1 Å². The number of carboxylic acids is 1. The number of carbonyl (C=O) groups is 1. The summed E-state index contributed by atoms with van der Waals surface area (Å²) in [6, 6.07) is 9.51. The lowest BCUT2D eigenvalue weighted by Gasteiger charge is -2.01. The highest BCUT2D eigenvalue weighted by Gasteiger charge is 2.28. The molecule has 18 heavy (non-hydrogen) atoms. The molecular formula is C15H14O3. The normalized spacial score (nSPS) is 14.7. The fourth-order valence-corrected chi connectivity index (χ4v) is 2.20. The first-order chi connectivity index (χ1) is 8.75. The van der Waals surface area contributed by atoms with Crippen LogP contribution in [0.1, 0.15) is 29.0 Å². The van der Waals surface area contributed by atoms with Crippen molar-refractivity contribution in [3.8, 4) is 11.1 Å². The van der Waals surface area contributed by atoms with E-state index in [4.69, 9.17) is 4.42 Å². The van der Waals surface area contributed by atoms with Gasteiger partial charge in [-0.25, -0.2) is 4.79 Å². The van der Waals surface area contributed by atoms with Crippen LogP contribution in [0.2, 0.25) is 0 Å². The first-order valence-corrected chi connectivity index (χ1v) is 6.15. The lowest BCUT2D eigenvalue weighted by atomic mass is 10.0. The molecule has 1 aromatic heterocycles. The molecular weight excluding hydrogens is 228 g/mol. The molecule has 3 rings (SSSR count). The molecule has 1 heterocycles. The average molecular weight is 242 g/mol. The summed E-state index contributed by atoms with van der Waals surface area (Å²) < 4.78 is 5.48. The van der Waals surface area contributed by atoms with E-state index in [9.17, 15) is 9.90 Å². The van der Waals surface area contributed by atoms with Gasteiger partial charge in [-0.2, -0.15) is 0 Å². The fraction of sp³-hybridized carbons (Fsp3) is 0.267. The summed E-state index contributed by atoms with van der Waals surface area (Å²) >= 11 is 0. The smallest absolute Gasteiger partial charge is 0.339 e. The first kappa shape index (κ1) is 11.1. The van der Waals surface area contributed by atoms with Crippen molar-refractivity contribution in [2.24, 2.45) is 5.92 Å². The molecule has 0 amide bonds. The van der Waals surface area contributed by atoms with Crippen LogP contribution in [0, 0.1) is 5.92 Å². The summed E-state index contributed by atoms with van der Waals surface area (Å²) in [7, 11) is 0. The molecule has 0 spiro atoms. The Balaban J connectivity index is 2.03. The predicted molar refractivity (Wildman–Crippen MR) is 67.5 cm³/mol. The highest BCUT2D eigenvalue weighted by molar-refractivity contribution is 5.97. The molecule has 0 bridgehead atoms. The zero-order valence-corrected chi connectivity index (χ0v) is 9.93. The number of furan rings is 1. The van der Waals surface area contributed by atoms with Gasteiger partial charge >= 0.3 is 5.97 Å². The molecule has 0 saturated heterocycles. The molecule has 1 aliphatic carbocycles. The van der Waals surface area contributed by atoms with Crippen molar-refractivity contribution in [2.75, 3.05) is 0 Å². The Labute approximate surface area is 105 Å². The highest BCUT2D eigenvalue weighted by atomic mass is 16.4. The summed E-state index contributed by atoms with van der Waals surface area (Å²) in [5.41, 5.74) is 1.90. The number of hydrogen-bond donors (Lipinski definition) is 1. The van der Waals surface area contributed by atoms with E-state index in [1.807, 2.05) is 30.3 Å². The molecule has 1 N–H and O–H groups in total. The Kier molecular flexibility index (Phi) is 2.67. The summed E-state index contributed by atoms with van der Waals surface area (Å²) in [5.74, 6) is 0.319. The van der Waals surface area contributed by atoms with Crippen molar-refractivity contribution in [3.05, 3.63) is 47.9 Å². The number of carboxylic acid groups (broad SMARTS) is 1. The van der Waals surface area contributed by atoms with Gasteiger partial charge in [-0.05, 0) is 24.3 Å². The fourth-order valence-electron chi connectivity index (χ4n) is 2.20. The van der Waals surface area contributed by atoms with Gasteiger partial charge in [0.25, 0.3) is 0 Å². The second kappa shape index (κ2) is 4.33. The van der Waals surface area contributed by atoms with Crippen LogP contribution in [0.15, 0.2) is 41.0 Å². The summed E-state index contributed by atoms with van der Waals surface area (Å²) in [6.07, 6.45) is 4.67. The second-order valence-corrected chi connectivity index (χ2v) is 4.77. The van der Waals surface area contributed by atoms with E-state index in [2.05, 4.69) is 0 Å². The molecule has 1 fully saturated rings. The van der Waals surface area contributed by atoms with Crippen LogP contribution >= 0.6 is 0 Å². The second-order valence-electron chi connectivity index (χ2n) is 4.77. The molecule has 3 nitrogen and oxygen atoms in total. The molecule has 92 valence electrons. The van der Waals surface area contributed by atoms with Crippen LogP contribution < -0.4 is 0 Å². The minimum absolute atomic E-state index is 0.327. The monoisotopic (exact) mass is 242 g/mol. The van der Waals surface area contributed by atoms with Gasteiger partial charge in [0, 0.05) is 12.0 Å². The first-order valence-electron chi connectivity index (χ1n) is 6.15. The Morgan fingerprint density at radius 2 is 2.00 bits per heavy atom. The van der Waals surface area contributed by atoms with Crippen LogP contribution in [0.3, 0.4) is 0 Å². The summed E-state index contributed by atoms with van der Waals surface area (Å²) in [5, 5.41) is 9.37. The van der Waals surface area contributed by atoms with E-state index in [1.165, 1.54) is 12.8 Å². The largest absolute Gasteiger partial charge is 0.478 e. The SMILES string of the molecule is O=C(O)c1c(-c2ccccc2)coc1CC1CC1. The summed E-state index contributed by atoms with van der Waals surface area (Å²) in [4.78, 5) is 11.4. The van der Waals surface area contributed by atoms with E-state index in [0.717, 1.165) is 12.0 Å². The molecule has 1 aliphatic rings. The lowest BCUT2D eigenvalue weighted by Crippen LogP contribution is -2.02. The Morgan fingerprint density at radius 3 is 2.61 bits per heavy atom. The van der Waals surface area contributed by atoms with Gasteiger partial charge in [0.2, 0.25) is 0 Å². The van der Waals surface area contributed by atoms with E-state index >= 15 is 0 Å². The van der Waals surface area contributed by atoms with Gasteiger partial charge < -0.3 is 9.52 Å². The third-order valence-corrected chi connectivity index (χ3v) is 3.34. The van der Waals surface area contributed by atoms with Gasteiger partial charge in [-0.1, -0.05) is 30.3 Å². The van der Waals surface area contributed by atoms with Crippen molar-refractivity contribution in [1.29, 1.82) is 0 Å². The van der Waals surface area contributed by atoms with E-state index in [0.29, 0.717) is 22.8 Å². The van der Waals surface area contributed by atoms with Crippen molar-refractivity contribution < 1.29 is 14.3 Å². The molecule has 1 aromatic carbocycles. The van der Waals surface area contributed by atoms with Crippen molar-refractivity contribution in [3.63, 3.8) is 0 Å². The molecule has 3 heteroatoms. The number of aromatic carboxylic acids is 1. The molecule has 0 atom stereocenters. The van der Waals surface area contributed by atoms with Crippen molar-refractivity contribution in [2.45, 2.75) is 19.3 Å². The van der Waals surface area contributed by atoms with E-state index < -0.39 is 5.97 Å². The van der Waals surface area contributed by atoms with Gasteiger partial charge in [0.15, 0.2) is 0 Å². The summed E-state index contributed by atoms with van der Waals surface area (Å²) in [6.45, 7) is 0. The minimum atomic E-state index is -0.904. The van der Waals surface area contributed by atoms with Crippen LogP contribution in [0.4, 0.5) is 0 Å². The van der Waals surface area contributed by atoms with Gasteiger partial charge in [0.05, 0.1) is 6.26 Å². The van der Waals surface area contributed by atoms with Crippen molar-refractivity contribution in [1.82, 2.24) is 0 Å². The number of benzene rings is 1. The van der Waals surface area contributed by atoms with E-state index in [1.54, 1.807) is 6.26 Å². The lowest BCUT2D eigenvalue weighted by molar-refractivity contribution is 0.0695. The minimum Gasteiger partial charge on any atom is -0.478 e. The Hall–Kier alpha value is -2.03. The molecule has 0 unspecified atom stereocenters. The van der Waals surface area contributed by atoms with Crippen molar-refractivity contribution >= 4 is 5.97 Å². The van der Waals surface area contributed by atoms with Crippen LogP contribution in [-0.2, 0) is 6.42 Å². The molecule has 1 saturated carbocycles. The maximum Gasteiger partial charge on any atom is 0.339 e. The molecule has 0 radical (unpaired) electrons. The van der Waals surface area contributed by atoms with Crippen LogP contribution in [-0.4, -0.2) is 11.1 Å². The zero-order chi connectivity index (χ0) is 12.5. The zero-order valence-electron chi connectivity index (χ0n) is 9.93. The Bertz CT molecular complexity index is 565. The number of hydrogen-bond acceptors (Lipinski definition) is 2. The standard InChI is InChI=1S/C15H14O3/c16-15(17)14-12(11-4-2-1-3-5-11)9-18-13(14)8-10-6-7-10/h1-5,9-10H,6-8H2,(H,16,17).